The van der Waals surface area contributed by atoms with Gasteiger partial charge in [-0.1, -0.05) is 12.1 Å². The molecule has 0 aliphatic carbocycles. The third-order valence-electron chi connectivity index (χ3n) is 1.97. The molecular weight excluding hydrogens is 149 g/mol. The number of rotatable bonds is 2. The number of nitrogens with zero attached hydrogens (tertiary/aromatic N) is 1. The summed E-state index contributed by atoms with van der Waals surface area (Å²) in [6, 6.07) is 8.06. The number of hydrogen-bond donors (Lipinski definition) is 1. The maximum absolute atomic E-state index is 9.29. The predicted molar refractivity (Wildman–Crippen MR) is 53.4 cm³/mol. The molecule has 0 atom stereocenters. The number of aryl methyl sites for hydroxylation is 1. The second-order valence-electron chi connectivity index (χ2n) is 3.08. The SMILES string of the molecule is CB(O)N(C)c1cccc(C)c1. The number of hydrogen-bond acceptors (Lipinski definition) is 2. The molecule has 12 heavy (non-hydrogen) atoms. The van der Waals surface area contributed by atoms with Crippen molar-refractivity contribution < 1.29 is 5.02 Å². The van der Waals surface area contributed by atoms with E-state index in [0.717, 1.165) is 5.69 Å². The van der Waals surface area contributed by atoms with Crippen molar-refractivity contribution in [3.63, 3.8) is 0 Å². The topological polar surface area (TPSA) is 23.5 Å². The van der Waals surface area contributed by atoms with E-state index in [1.165, 1.54) is 5.56 Å². The fourth-order valence-electron chi connectivity index (χ4n) is 1.06. The minimum Gasteiger partial charge on any atom is -0.432 e. The van der Waals surface area contributed by atoms with E-state index in [1.807, 2.05) is 43.0 Å². The van der Waals surface area contributed by atoms with Gasteiger partial charge in [0.2, 0.25) is 0 Å². The molecule has 0 spiro atoms. The minimum absolute atomic E-state index is 0.438. The molecule has 1 aromatic rings. The van der Waals surface area contributed by atoms with Crippen LogP contribution in [0.4, 0.5) is 5.69 Å². The van der Waals surface area contributed by atoms with Crippen molar-refractivity contribution in [3.8, 4) is 0 Å². The van der Waals surface area contributed by atoms with Crippen molar-refractivity contribution in [1.29, 1.82) is 0 Å². The Morgan fingerprint density at radius 1 is 1.42 bits per heavy atom. The Balaban J connectivity index is 2.88. The molecule has 0 saturated carbocycles. The number of benzene rings is 1. The van der Waals surface area contributed by atoms with Crippen LogP contribution < -0.4 is 4.81 Å². The second-order valence-corrected chi connectivity index (χ2v) is 3.08. The molecule has 1 N–H and O–H groups in total. The van der Waals surface area contributed by atoms with Gasteiger partial charge in [-0.3, -0.25) is 0 Å². The normalized spacial score (nSPS) is 9.67. The van der Waals surface area contributed by atoms with Crippen molar-refractivity contribution in [3.05, 3.63) is 29.8 Å². The Morgan fingerprint density at radius 3 is 2.58 bits per heavy atom. The van der Waals surface area contributed by atoms with Crippen LogP contribution in [-0.2, 0) is 0 Å². The summed E-state index contributed by atoms with van der Waals surface area (Å²) in [5.74, 6) is 0. The molecule has 0 unspecified atom stereocenters. The molecule has 1 rings (SSSR count). The third kappa shape index (κ3) is 2.01. The molecule has 0 aliphatic heterocycles. The van der Waals surface area contributed by atoms with Gasteiger partial charge in [-0.25, -0.2) is 0 Å². The van der Waals surface area contributed by atoms with Gasteiger partial charge in [-0.15, -0.1) is 0 Å². The van der Waals surface area contributed by atoms with Gasteiger partial charge in [0.25, 0.3) is 0 Å². The number of anilines is 1. The fraction of sp³-hybridized carbons (Fsp3) is 0.333. The van der Waals surface area contributed by atoms with Gasteiger partial charge in [0.05, 0.1) is 0 Å². The summed E-state index contributed by atoms with van der Waals surface area (Å²) in [6.45, 7) is 3.79. The average molecular weight is 163 g/mol. The molecule has 3 heteroatoms. The molecule has 0 radical (unpaired) electrons. The van der Waals surface area contributed by atoms with Gasteiger partial charge in [-0.05, 0) is 38.5 Å². The average Bonchev–Trinajstić information content (AvgIpc) is 2.03. The van der Waals surface area contributed by atoms with Crippen LogP contribution in [0.5, 0.6) is 0 Å². The smallest absolute Gasteiger partial charge is 0.409 e. The first-order valence-corrected chi connectivity index (χ1v) is 4.09. The van der Waals surface area contributed by atoms with Crippen molar-refractivity contribution in [1.82, 2.24) is 0 Å². The molecule has 0 bridgehead atoms. The predicted octanol–water partition coefficient (Wildman–Crippen LogP) is 1.54. The van der Waals surface area contributed by atoms with Gasteiger partial charge in [0, 0.05) is 5.69 Å². The Kier molecular flexibility index (Phi) is 2.76. The molecule has 64 valence electrons. The van der Waals surface area contributed by atoms with Gasteiger partial charge < -0.3 is 9.83 Å². The minimum atomic E-state index is -0.438. The first-order chi connectivity index (χ1) is 5.61. The van der Waals surface area contributed by atoms with Crippen molar-refractivity contribution in [2.75, 3.05) is 11.9 Å². The van der Waals surface area contributed by atoms with Gasteiger partial charge in [0.1, 0.15) is 0 Å². The first-order valence-electron chi connectivity index (χ1n) is 4.09. The fourth-order valence-corrected chi connectivity index (χ4v) is 1.06. The molecule has 0 heterocycles. The maximum Gasteiger partial charge on any atom is 0.409 e. The molecule has 0 fully saturated rings. The van der Waals surface area contributed by atoms with Crippen LogP contribution in [0, 0.1) is 6.92 Å². The summed E-state index contributed by atoms with van der Waals surface area (Å²) < 4.78 is 0. The summed E-state index contributed by atoms with van der Waals surface area (Å²) in [5.41, 5.74) is 2.25. The lowest BCUT2D eigenvalue weighted by Crippen LogP contribution is -2.32. The molecule has 0 aliphatic rings. The van der Waals surface area contributed by atoms with E-state index in [2.05, 4.69) is 0 Å². The maximum atomic E-state index is 9.29. The zero-order chi connectivity index (χ0) is 9.14. The van der Waals surface area contributed by atoms with Crippen LogP contribution in [0.1, 0.15) is 5.56 Å². The van der Waals surface area contributed by atoms with Crippen LogP contribution in [-0.4, -0.2) is 19.1 Å². The van der Waals surface area contributed by atoms with Crippen LogP contribution in [0.25, 0.3) is 0 Å². The van der Waals surface area contributed by atoms with Crippen LogP contribution in [0.2, 0.25) is 6.82 Å². The Labute approximate surface area is 74.0 Å². The zero-order valence-electron chi connectivity index (χ0n) is 7.78. The molecule has 0 saturated heterocycles. The van der Waals surface area contributed by atoms with Crippen LogP contribution in [0.3, 0.4) is 0 Å². The van der Waals surface area contributed by atoms with E-state index in [4.69, 9.17) is 0 Å². The zero-order valence-corrected chi connectivity index (χ0v) is 7.78. The van der Waals surface area contributed by atoms with Gasteiger partial charge >= 0.3 is 7.05 Å². The quantitative estimate of drug-likeness (QED) is 0.668. The lowest BCUT2D eigenvalue weighted by Gasteiger charge is -2.20. The van der Waals surface area contributed by atoms with Gasteiger partial charge in [-0.2, -0.15) is 0 Å². The van der Waals surface area contributed by atoms with E-state index in [1.54, 1.807) is 6.82 Å². The van der Waals surface area contributed by atoms with Gasteiger partial charge in [0.15, 0.2) is 0 Å². The Bertz CT molecular complexity index is 262. The summed E-state index contributed by atoms with van der Waals surface area (Å²) in [6.07, 6.45) is 0. The first kappa shape index (κ1) is 9.14. The van der Waals surface area contributed by atoms with E-state index in [0.29, 0.717) is 0 Å². The molecule has 0 amide bonds. The van der Waals surface area contributed by atoms with E-state index >= 15 is 0 Å². The molecular formula is C9H14BNO. The van der Waals surface area contributed by atoms with E-state index in [9.17, 15) is 5.02 Å². The third-order valence-corrected chi connectivity index (χ3v) is 1.97. The second kappa shape index (κ2) is 3.63. The van der Waals surface area contributed by atoms with E-state index < -0.39 is 7.05 Å². The summed E-state index contributed by atoms with van der Waals surface area (Å²) >= 11 is 0. The monoisotopic (exact) mass is 163 g/mol. The highest BCUT2D eigenvalue weighted by atomic mass is 16.2. The molecule has 0 aromatic heterocycles. The van der Waals surface area contributed by atoms with Crippen LogP contribution >= 0.6 is 0 Å². The summed E-state index contributed by atoms with van der Waals surface area (Å²) in [7, 11) is 1.44. The summed E-state index contributed by atoms with van der Waals surface area (Å²) in [4.78, 5) is 1.83. The van der Waals surface area contributed by atoms with Crippen molar-refractivity contribution >= 4 is 12.7 Å². The van der Waals surface area contributed by atoms with Crippen molar-refractivity contribution in [2.45, 2.75) is 13.7 Å². The standard InChI is InChI=1S/C9H14BNO/c1-8-5-4-6-9(7-8)11(3)10(2)12/h4-7,12H,1-3H3. The summed E-state index contributed by atoms with van der Waals surface area (Å²) in [5, 5.41) is 9.29. The van der Waals surface area contributed by atoms with Crippen molar-refractivity contribution in [2.24, 2.45) is 0 Å². The Morgan fingerprint density at radius 2 is 2.08 bits per heavy atom. The highest BCUT2D eigenvalue weighted by Gasteiger charge is 2.10. The highest BCUT2D eigenvalue weighted by Crippen LogP contribution is 2.14. The highest BCUT2D eigenvalue weighted by molar-refractivity contribution is 6.53. The largest absolute Gasteiger partial charge is 0.432 e. The van der Waals surface area contributed by atoms with E-state index in [-0.39, 0.29) is 0 Å². The lowest BCUT2D eigenvalue weighted by molar-refractivity contribution is 0.575. The lowest BCUT2D eigenvalue weighted by atomic mass is 9.85. The molecule has 2 nitrogen and oxygen atoms in total. The van der Waals surface area contributed by atoms with Crippen LogP contribution in [0.15, 0.2) is 24.3 Å². The molecule has 1 aromatic carbocycles. The Hall–Kier alpha value is -0.955.